The van der Waals surface area contributed by atoms with Crippen LogP contribution in [-0.2, 0) is 4.79 Å². The zero-order valence-electron chi connectivity index (χ0n) is 29.4. The Morgan fingerprint density at radius 2 is 1.98 bits per heavy atom. The molecule has 0 spiro atoms. The molecule has 2 aromatic carbocycles. The van der Waals surface area contributed by atoms with Gasteiger partial charge in [-0.2, -0.15) is 4.98 Å². The van der Waals surface area contributed by atoms with Gasteiger partial charge in [0.2, 0.25) is 5.91 Å². The quantitative estimate of drug-likeness (QED) is 0.115. The fourth-order valence-corrected chi connectivity index (χ4v) is 8.95. The smallest absolute Gasteiger partial charge is 0.434 e. The molecule has 0 radical (unpaired) electrons. The summed E-state index contributed by atoms with van der Waals surface area (Å²) in [6.07, 6.45) is 11.3. The fourth-order valence-electron chi connectivity index (χ4n) is 8.67. The van der Waals surface area contributed by atoms with Crippen molar-refractivity contribution in [2.24, 2.45) is 5.92 Å². The average Bonchev–Trinajstić information content (AvgIpc) is 3.92. The molecular weight excluding hydrogens is 691 g/mol. The van der Waals surface area contributed by atoms with Gasteiger partial charge in [0.1, 0.15) is 35.2 Å². The number of halogens is 4. The maximum Gasteiger partial charge on any atom is 0.434 e. The van der Waals surface area contributed by atoms with E-state index in [0.717, 1.165) is 45.2 Å². The first-order valence-corrected chi connectivity index (χ1v) is 18.5. The van der Waals surface area contributed by atoms with Gasteiger partial charge in [-0.3, -0.25) is 19.6 Å². The summed E-state index contributed by atoms with van der Waals surface area (Å²) in [5.74, 6) is -0.939. The lowest BCUT2D eigenvalue weighted by atomic mass is 9.95. The van der Waals surface area contributed by atoms with Crippen LogP contribution < -0.4 is 4.74 Å². The van der Waals surface area contributed by atoms with Crippen LogP contribution in [0.2, 0.25) is 5.02 Å². The predicted molar refractivity (Wildman–Crippen MR) is 195 cm³/mol. The number of pyridine rings is 1. The highest BCUT2D eigenvalue weighted by Gasteiger charge is 2.49. The Labute approximate surface area is 305 Å². The minimum absolute atomic E-state index is 0.00277. The molecule has 0 saturated carbocycles. The highest BCUT2D eigenvalue weighted by molar-refractivity contribution is 6.36. The van der Waals surface area contributed by atoms with Gasteiger partial charge < -0.3 is 9.64 Å². The number of likely N-dealkylation sites (N-methyl/N-ethyl adjacent to an activating group) is 1. The minimum atomic E-state index is -0.932. The van der Waals surface area contributed by atoms with Crippen molar-refractivity contribution in [3.05, 3.63) is 65.3 Å². The van der Waals surface area contributed by atoms with Gasteiger partial charge in [-0.1, -0.05) is 41.9 Å². The molecule has 0 aliphatic carbocycles. The Hall–Kier alpha value is -4.13. The Kier molecular flexibility index (Phi) is 9.42. The third-order valence-corrected chi connectivity index (χ3v) is 11.8. The first-order chi connectivity index (χ1) is 25.1. The molecule has 4 aliphatic heterocycles. The highest BCUT2D eigenvalue weighted by Crippen LogP contribution is 2.41. The number of alkyl halides is 1. The second-order valence-corrected chi connectivity index (χ2v) is 15.2. The van der Waals surface area contributed by atoms with E-state index in [1.54, 1.807) is 30.3 Å². The van der Waals surface area contributed by atoms with Crippen molar-refractivity contribution >= 4 is 51.2 Å². The standard InChI is InChI=1S/C39H42ClF3N7O2/c1-47-15-4-7-27(47)10-12-31(51)49-17-13-24(21-49)20-48(2)37-29-19-44-35(28-8-3-6-25-9-11-30(42)33(40)32(25)28)34(43)36(29)45-38(46-37)52-23-39-14-5-16-50(39)22-26(41)18-39/h3,6,8-12,19-20,24,26-27H,4-5,7,13-18,21-23H2,1-2H3/q+1/b12-10+,48-20+/t24?,26-,27?,39+/m1/s1. The van der Waals surface area contributed by atoms with Crippen LogP contribution in [0.25, 0.3) is 32.9 Å². The number of rotatable bonds is 8. The number of carbonyl (C=O) groups excluding carboxylic acids is 1. The van der Waals surface area contributed by atoms with Crippen LogP contribution in [0.1, 0.15) is 38.5 Å². The molecule has 52 heavy (non-hydrogen) atoms. The average molecular weight is 733 g/mol. The van der Waals surface area contributed by atoms with Gasteiger partial charge in [-0.25, -0.2) is 17.7 Å². The topological polar surface area (TPSA) is 77.7 Å². The number of likely N-dealkylation sites (tertiary alicyclic amines) is 2. The molecule has 13 heteroatoms. The maximum absolute atomic E-state index is 16.8. The number of carbonyl (C=O) groups is 1. The molecule has 0 N–H and O–H groups in total. The summed E-state index contributed by atoms with van der Waals surface area (Å²) in [6.45, 7) is 3.55. The van der Waals surface area contributed by atoms with E-state index in [-0.39, 0.29) is 40.7 Å². The van der Waals surface area contributed by atoms with Crippen molar-refractivity contribution in [3.63, 3.8) is 0 Å². The van der Waals surface area contributed by atoms with Crippen LogP contribution in [-0.4, -0.2) is 118 Å². The van der Waals surface area contributed by atoms with Crippen molar-refractivity contribution in [3.8, 4) is 17.3 Å². The van der Waals surface area contributed by atoms with E-state index in [1.165, 1.54) is 12.3 Å². The van der Waals surface area contributed by atoms with E-state index in [0.29, 0.717) is 59.6 Å². The van der Waals surface area contributed by atoms with Gasteiger partial charge >= 0.3 is 11.8 Å². The van der Waals surface area contributed by atoms with Gasteiger partial charge in [0, 0.05) is 66.2 Å². The summed E-state index contributed by atoms with van der Waals surface area (Å²) in [5, 5.41) is 1.22. The van der Waals surface area contributed by atoms with E-state index in [1.807, 2.05) is 28.8 Å². The number of amides is 1. The molecule has 4 fully saturated rings. The van der Waals surface area contributed by atoms with Crippen LogP contribution >= 0.6 is 11.6 Å². The number of hydrogen-bond acceptors (Lipinski definition) is 7. The lowest BCUT2D eigenvalue weighted by molar-refractivity contribution is -0.405. The lowest BCUT2D eigenvalue weighted by Crippen LogP contribution is -2.43. The number of benzene rings is 2. The summed E-state index contributed by atoms with van der Waals surface area (Å²) in [6, 6.07) is 8.30. The molecule has 2 aromatic heterocycles. The number of aromatic nitrogens is 3. The SMILES string of the molecule is CN1CCCC1/C=C/C(=O)N1CCC(/C=[N+](\C)c2nc(OC[C@@]34CCCN3C[C@H](F)C4)nc3c(F)c(-c4cccc5ccc(F)c(Cl)c45)ncc23)C1. The second kappa shape index (κ2) is 14.0. The number of hydrogen-bond donors (Lipinski definition) is 0. The summed E-state index contributed by atoms with van der Waals surface area (Å²) in [4.78, 5) is 33.2. The summed E-state index contributed by atoms with van der Waals surface area (Å²) in [7, 11) is 3.91. The molecule has 4 aliphatic rings. The Morgan fingerprint density at radius 3 is 2.81 bits per heavy atom. The molecule has 4 saturated heterocycles. The molecule has 0 bridgehead atoms. The zero-order chi connectivity index (χ0) is 36.1. The molecule has 9 nitrogen and oxygen atoms in total. The first kappa shape index (κ1) is 34.9. The van der Waals surface area contributed by atoms with Crippen LogP contribution in [0.15, 0.2) is 48.7 Å². The first-order valence-electron chi connectivity index (χ1n) is 18.1. The van der Waals surface area contributed by atoms with Crippen molar-refractivity contribution < 1.29 is 27.3 Å². The highest BCUT2D eigenvalue weighted by atomic mass is 35.5. The second-order valence-electron chi connectivity index (χ2n) is 14.8. The molecule has 272 valence electrons. The molecule has 2 unspecified atom stereocenters. The molecule has 8 rings (SSSR count). The van der Waals surface area contributed by atoms with Crippen LogP contribution in [0.5, 0.6) is 6.01 Å². The Morgan fingerprint density at radius 1 is 1.12 bits per heavy atom. The number of ether oxygens (including phenoxy) is 1. The molecular formula is C39H42ClF3N7O2+. The summed E-state index contributed by atoms with van der Waals surface area (Å²) in [5.41, 5.74) is -0.182. The van der Waals surface area contributed by atoms with Crippen molar-refractivity contribution in [2.45, 2.75) is 56.3 Å². The van der Waals surface area contributed by atoms with E-state index >= 15 is 4.39 Å². The largest absolute Gasteiger partial charge is 0.443 e. The molecule has 6 heterocycles. The normalized spacial score (nSPS) is 25.7. The maximum atomic E-state index is 16.8. The van der Waals surface area contributed by atoms with Gasteiger partial charge in [0.05, 0.1) is 23.8 Å². The Bertz CT molecular complexity index is 2110. The van der Waals surface area contributed by atoms with Gasteiger partial charge in [-0.15, -0.1) is 0 Å². The van der Waals surface area contributed by atoms with E-state index < -0.39 is 23.3 Å². The van der Waals surface area contributed by atoms with E-state index in [9.17, 15) is 13.6 Å². The summed E-state index contributed by atoms with van der Waals surface area (Å²) >= 11 is 6.42. The summed E-state index contributed by atoms with van der Waals surface area (Å²) < 4.78 is 54.1. The third kappa shape index (κ3) is 6.43. The number of nitrogens with zero attached hydrogens (tertiary/aromatic N) is 7. The van der Waals surface area contributed by atoms with Crippen LogP contribution in [0.4, 0.5) is 19.0 Å². The van der Waals surface area contributed by atoms with Crippen molar-refractivity contribution in [1.82, 2.24) is 29.7 Å². The van der Waals surface area contributed by atoms with Gasteiger partial charge in [-0.05, 0) is 63.7 Å². The molecule has 4 aromatic rings. The number of fused-ring (bicyclic) bond motifs is 3. The lowest BCUT2D eigenvalue weighted by Gasteiger charge is -2.30. The third-order valence-electron chi connectivity index (χ3n) is 11.4. The fraction of sp³-hybridized carbons (Fsp3) is 0.462. The Balaban J connectivity index is 1.14. The van der Waals surface area contributed by atoms with Gasteiger partial charge in [0.15, 0.2) is 5.82 Å². The van der Waals surface area contributed by atoms with E-state index in [2.05, 4.69) is 26.8 Å². The van der Waals surface area contributed by atoms with Crippen molar-refractivity contribution in [1.29, 1.82) is 0 Å². The predicted octanol–water partition coefficient (Wildman–Crippen LogP) is 6.58. The van der Waals surface area contributed by atoms with Gasteiger partial charge in [0.25, 0.3) is 0 Å². The van der Waals surface area contributed by atoms with E-state index in [4.69, 9.17) is 21.3 Å². The molecule has 4 atom stereocenters. The van der Waals surface area contributed by atoms with Crippen molar-refractivity contribution in [2.75, 3.05) is 53.4 Å². The minimum Gasteiger partial charge on any atom is -0.443 e. The van der Waals surface area contributed by atoms with Crippen LogP contribution in [0, 0.1) is 17.6 Å². The monoisotopic (exact) mass is 732 g/mol. The van der Waals surface area contributed by atoms with Crippen LogP contribution in [0.3, 0.4) is 0 Å². The zero-order valence-corrected chi connectivity index (χ0v) is 30.1. The molecule has 1 amide bonds.